The zero-order valence-electron chi connectivity index (χ0n) is 18.3. The molecule has 34 heavy (non-hydrogen) atoms. The van der Waals surface area contributed by atoms with Crippen molar-refractivity contribution in [2.45, 2.75) is 13.5 Å². The number of anilines is 1. The molecule has 168 valence electrons. The fourth-order valence-corrected chi connectivity index (χ4v) is 4.13. The van der Waals surface area contributed by atoms with Crippen molar-refractivity contribution in [1.29, 1.82) is 5.26 Å². The van der Waals surface area contributed by atoms with E-state index >= 15 is 0 Å². The van der Waals surface area contributed by atoms with Crippen LogP contribution >= 0.6 is 23.2 Å². The van der Waals surface area contributed by atoms with Crippen LogP contribution in [0.4, 0.5) is 5.69 Å². The first kappa shape index (κ1) is 23.4. The summed E-state index contributed by atoms with van der Waals surface area (Å²) in [5, 5.41) is 15.1. The topological polar surface area (TPSA) is 62.1 Å². The summed E-state index contributed by atoms with van der Waals surface area (Å²) in [6.45, 7) is 2.21. The fraction of sp³-hybridized carbons (Fsp3) is 0.0714. The maximum atomic E-state index is 12.6. The van der Waals surface area contributed by atoms with Gasteiger partial charge in [0.05, 0.1) is 10.0 Å². The van der Waals surface area contributed by atoms with Gasteiger partial charge in [-0.3, -0.25) is 4.79 Å². The number of ether oxygens (including phenoxy) is 1. The molecule has 1 amide bonds. The van der Waals surface area contributed by atoms with Crippen LogP contribution < -0.4 is 10.1 Å². The van der Waals surface area contributed by atoms with Gasteiger partial charge in [0.1, 0.15) is 18.2 Å². The molecule has 4 aromatic carbocycles. The number of halogens is 2. The van der Waals surface area contributed by atoms with Crippen LogP contribution in [-0.4, -0.2) is 5.91 Å². The number of amides is 1. The molecule has 0 aliphatic carbocycles. The molecule has 0 bridgehead atoms. The Labute approximate surface area is 208 Å². The molecule has 0 aliphatic rings. The number of fused-ring (bicyclic) bond motifs is 1. The number of nitriles is 1. The summed E-state index contributed by atoms with van der Waals surface area (Å²) < 4.78 is 5.90. The number of carbonyl (C=O) groups excluding carboxylic acids is 1. The van der Waals surface area contributed by atoms with Crippen LogP contribution in [0, 0.1) is 18.3 Å². The zero-order chi connectivity index (χ0) is 24.1. The lowest BCUT2D eigenvalue weighted by molar-refractivity contribution is -0.112. The van der Waals surface area contributed by atoms with Gasteiger partial charge in [-0.2, -0.15) is 5.26 Å². The highest BCUT2D eigenvalue weighted by Crippen LogP contribution is 2.35. The molecule has 0 fully saturated rings. The fourth-order valence-electron chi connectivity index (χ4n) is 3.52. The van der Waals surface area contributed by atoms with E-state index in [-0.39, 0.29) is 15.6 Å². The van der Waals surface area contributed by atoms with E-state index in [0.717, 1.165) is 21.9 Å². The zero-order valence-corrected chi connectivity index (χ0v) is 19.8. The van der Waals surface area contributed by atoms with Gasteiger partial charge in [0.2, 0.25) is 0 Å². The van der Waals surface area contributed by atoms with Crippen molar-refractivity contribution in [3.63, 3.8) is 0 Å². The molecule has 0 spiro atoms. The lowest BCUT2D eigenvalue weighted by Crippen LogP contribution is -2.13. The van der Waals surface area contributed by atoms with E-state index < -0.39 is 5.91 Å². The number of carbonyl (C=O) groups is 1. The standard InChI is InChI=1S/C28H20Cl2N2O2/c1-18-5-4-8-24(11-18)32-28(33)23(16-31)13-20-14-25(29)27(26(30)15-20)34-17-19-9-10-21-6-2-3-7-22(21)12-19/h2-15H,17H2,1H3,(H,32,33)/b23-13-. The summed E-state index contributed by atoms with van der Waals surface area (Å²) in [6.07, 6.45) is 1.44. The summed E-state index contributed by atoms with van der Waals surface area (Å²) in [5.74, 6) is -0.173. The van der Waals surface area contributed by atoms with Crippen molar-refractivity contribution < 1.29 is 9.53 Å². The number of rotatable bonds is 6. The Hall–Kier alpha value is -3.78. The Morgan fingerprint density at radius 1 is 0.971 bits per heavy atom. The Bertz CT molecular complexity index is 1430. The number of aryl methyl sites for hydroxylation is 1. The maximum absolute atomic E-state index is 12.6. The minimum absolute atomic E-state index is 0.0709. The van der Waals surface area contributed by atoms with Crippen LogP contribution in [0.2, 0.25) is 10.0 Å². The quantitative estimate of drug-likeness (QED) is 0.225. The van der Waals surface area contributed by atoms with Crippen molar-refractivity contribution in [1.82, 2.24) is 0 Å². The van der Waals surface area contributed by atoms with Gasteiger partial charge in [-0.1, -0.05) is 71.7 Å². The highest BCUT2D eigenvalue weighted by atomic mass is 35.5. The van der Waals surface area contributed by atoms with Crippen molar-refractivity contribution in [3.05, 3.63) is 111 Å². The lowest BCUT2D eigenvalue weighted by Gasteiger charge is -2.12. The third-order valence-electron chi connectivity index (χ3n) is 5.17. The Balaban J connectivity index is 1.50. The van der Waals surface area contributed by atoms with Gasteiger partial charge >= 0.3 is 0 Å². The first-order valence-corrected chi connectivity index (χ1v) is 11.3. The van der Waals surface area contributed by atoms with Gasteiger partial charge in [0, 0.05) is 5.69 Å². The second-order valence-corrected chi connectivity index (χ2v) is 8.59. The molecule has 0 heterocycles. The lowest BCUT2D eigenvalue weighted by atomic mass is 10.1. The maximum Gasteiger partial charge on any atom is 0.266 e. The number of hydrogen-bond acceptors (Lipinski definition) is 3. The van der Waals surface area contributed by atoms with Gasteiger partial charge in [-0.15, -0.1) is 0 Å². The van der Waals surface area contributed by atoms with Crippen LogP contribution in [0.1, 0.15) is 16.7 Å². The van der Waals surface area contributed by atoms with E-state index in [2.05, 4.69) is 17.4 Å². The van der Waals surface area contributed by atoms with Crippen LogP contribution in [0.15, 0.2) is 84.4 Å². The summed E-state index contributed by atoms with van der Waals surface area (Å²) in [6, 6.07) is 26.7. The minimum atomic E-state index is -0.517. The normalized spacial score (nSPS) is 11.2. The summed E-state index contributed by atoms with van der Waals surface area (Å²) in [7, 11) is 0. The van der Waals surface area contributed by atoms with Gasteiger partial charge in [0.15, 0.2) is 5.75 Å². The SMILES string of the molecule is Cc1cccc(NC(=O)/C(C#N)=C\c2cc(Cl)c(OCc3ccc4ccccc4c3)c(Cl)c2)c1. The predicted octanol–water partition coefficient (Wildman–Crippen LogP) is 7.58. The van der Waals surface area contributed by atoms with Crippen LogP contribution in [0.5, 0.6) is 5.75 Å². The van der Waals surface area contributed by atoms with E-state index in [9.17, 15) is 10.1 Å². The summed E-state index contributed by atoms with van der Waals surface area (Å²) >= 11 is 12.9. The van der Waals surface area contributed by atoms with E-state index in [1.165, 1.54) is 6.08 Å². The molecule has 0 aliphatic heterocycles. The third kappa shape index (κ3) is 5.58. The molecule has 0 atom stereocenters. The number of nitrogens with zero attached hydrogens (tertiary/aromatic N) is 1. The second-order valence-electron chi connectivity index (χ2n) is 7.78. The first-order chi connectivity index (χ1) is 16.4. The van der Waals surface area contributed by atoms with Crippen LogP contribution in [-0.2, 0) is 11.4 Å². The molecule has 4 rings (SSSR count). The Morgan fingerprint density at radius 2 is 1.71 bits per heavy atom. The number of benzene rings is 4. The molecular formula is C28H20Cl2N2O2. The van der Waals surface area contributed by atoms with E-state index in [4.69, 9.17) is 27.9 Å². The molecule has 0 saturated carbocycles. The van der Waals surface area contributed by atoms with Crippen molar-refractivity contribution in [2.24, 2.45) is 0 Å². The van der Waals surface area contributed by atoms with E-state index in [1.807, 2.05) is 61.5 Å². The summed E-state index contributed by atoms with van der Waals surface area (Å²) in [4.78, 5) is 12.6. The first-order valence-electron chi connectivity index (χ1n) is 10.5. The van der Waals surface area contributed by atoms with Crippen LogP contribution in [0.3, 0.4) is 0 Å². The minimum Gasteiger partial charge on any atom is -0.486 e. The third-order valence-corrected chi connectivity index (χ3v) is 5.73. The Morgan fingerprint density at radius 3 is 2.41 bits per heavy atom. The molecule has 4 aromatic rings. The van der Waals surface area contributed by atoms with Crippen LogP contribution in [0.25, 0.3) is 16.8 Å². The molecule has 4 nitrogen and oxygen atoms in total. The van der Waals surface area contributed by atoms with Crippen molar-refractivity contribution in [3.8, 4) is 11.8 Å². The molecule has 0 unspecified atom stereocenters. The molecule has 0 radical (unpaired) electrons. The average Bonchev–Trinajstić information content (AvgIpc) is 2.82. The smallest absolute Gasteiger partial charge is 0.266 e. The largest absolute Gasteiger partial charge is 0.486 e. The number of hydrogen-bond donors (Lipinski definition) is 1. The molecule has 0 aromatic heterocycles. The van der Waals surface area contributed by atoms with Gasteiger partial charge in [0.25, 0.3) is 5.91 Å². The van der Waals surface area contributed by atoms with E-state index in [1.54, 1.807) is 18.2 Å². The number of nitrogens with one attached hydrogen (secondary N) is 1. The van der Waals surface area contributed by atoms with Gasteiger partial charge < -0.3 is 10.1 Å². The molecule has 6 heteroatoms. The Kier molecular flexibility index (Phi) is 7.18. The molecule has 1 N–H and O–H groups in total. The average molecular weight is 487 g/mol. The second kappa shape index (κ2) is 10.4. The summed E-state index contributed by atoms with van der Waals surface area (Å²) in [5.41, 5.74) is 3.04. The highest BCUT2D eigenvalue weighted by Gasteiger charge is 2.13. The van der Waals surface area contributed by atoms with Gasteiger partial charge in [-0.25, -0.2) is 0 Å². The molecule has 0 saturated heterocycles. The van der Waals surface area contributed by atoms with Crippen molar-refractivity contribution >= 4 is 51.6 Å². The van der Waals surface area contributed by atoms with Crippen molar-refractivity contribution in [2.75, 3.05) is 5.32 Å². The molecular weight excluding hydrogens is 467 g/mol. The van der Waals surface area contributed by atoms with E-state index in [0.29, 0.717) is 23.6 Å². The highest BCUT2D eigenvalue weighted by molar-refractivity contribution is 6.37. The monoisotopic (exact) mass is 486 g/mol. The van der Waals surface area contributed by atoms with Gasteiger partial charge in [-0.05, 0) is 70.8 Å². The predicted molar refractivity (Wildman–Crippen MR) is 138 cm³/mol.